The van der Waals surface area contributed by atoms with Crippen LogP contribution in [0.3, 0.4) is 0 Å². The van der Waals surface area contributed by atoms with Crippen LogP contribution < -0.4 is 5.32 Å². The second-order valence-electron chi connectivity index (χ2n) is 3.12. The van der Waals surface area contributed by atoms with Gasteiger partial charge in [-0.15, -0.1) is 0 Å². The van der Waals surface area contributed by atoms with Crippen molar-refractivity contribution in [1.82, 2.24) is 0 Å². The molecule has 74 valence electrons. The van der Waals surface area contributed by atoms with Crippen LogP contribution in [0.2, 0.25) is 0 Å². The second kappa shape index (κ2) is 5.66. The molecule has 3 heteroatoms. The van der Waals surface area contributed by atoms with Gasteiger partial charge in [-0.05, 0) is 30.7 Å². The van der Waals surface area contributed by atoms with Crippen molar-refractivity contribution in [2.24, 2.45) is 5.92 Å². The Morgan fingerprint density at radius 3 is 2.57 bits per heavy atom. The van der Waals surface area contributed by atoms with Gasteiger partial charge in [0.15, 0.2) is 0 Å². The first-order chi connectivity index (χ1) is 6.76. The van der Waals surface area contributed by atoms with Crippen molar-refractivity contribution in [3.8, 4) is 6.07 Å². The molecule has 0 fully saturated rings. The lowest BCUT2D eigenvalue weighted by Gasteiger charge is -2.09. The highest BCUT2D eigenvalue weighted by atomic mass is 79.9. The van der Waals surface area contributed by atoms with E-state index in [0.29, 0.717) is 6.54 Å². The molecule has 0 saturated heterocycles. The maximum atomic E-state index is 8.75. The van der Waals surface area contributed by atoms with Gasteiger partial charge in [0.2, 0.25) is 0 Å². The number of halogens is 1. The van der Waals surface area contributed by atoms with Gasteiger partial charge in [0.05, 0.1) is 12.0 Å². The Bertz CT molecular complexity index is 313. The molecule has 0 spiro atoms. The van der Waals surface area contributed by atoms with E-state index in [-0.39, 0.29) is 5.92 Å². The van der Waals surface area contributed by atoms with Gasteiger partial charge in [0.25, 0.3) is 0 Å². The number of nitrogens with zero attached hydrogens (tertiary/aromatic N) is 1. The molecule has 0 radical (unpaired) electrons. The standard InChI is InChI=1S/C11H13BrN2/c1-2-9(7-13)8-14-11-5-3-10(12)4-6-11/h3-6,9,14H,2,8H2,1H3. The van der Waals surface area contributed by atoms with Crippen molar-refractivity contribution in [3.63, 3.8) is 0 Å². The third-order valence-electron chi connectivity index (χ3n) is 2.07. The maximum absolute atomic E-state index is 8.75. The van der Waals surface area contributed by atoms with Crippen LogP contribution in [0.25, 0.3) is 0 Å². The van der Waals surface area contributed by atoms with E-state index in [0.717, 1.165) is 16.6 Å². The summed E-state index contributed by atoms with van der Waals surface area (Å²) >= 11 is 3.37. The van der Waals surface area contributed by atoms with E-state index in [4.69, 9.17) is 5.26 Å². The first-order valence-electron chi connectivity index (χ1n) is 4.65. The van der Waals surface area contributed by atoms with Gasteiger partial charge in [-0.25, -0.2) is 0 Å². The lowest BCUT2D eigenvalue weighted by molar-refractivity contribution is 0.674. The van der Waals surface area contributed by atoms with E-state index in [1.165, 1.54) is 0 Å². The molecule has 2 nitrogen and oxygen atoms in total. The maximum Gasteiger partial charge on any atom is 0.0674 e. The summed E-state index contributed by atoms with van der Waals surface area (Å²) in [6, 6.07) is 10.2. The summed E-state index contributed by atoms with van der Waals surface area (Å²) in [5.74, 6) is 0.0960. The van der Waals surface area contributed by atoms with Crippen LogP contribution in [0.15, 0.2) is 28.7 Å². The second-order valence-corrected chi connectivity index (χ2v) is 4.04. The van der Waals surface area contributed by atoms with E-state index in [9.17, 15) is 0 Å². The average Bonchev–Trinajstić information content (AvgIpc) is 2.22. The van der Waals surface area contributed by atoms with Crippen LogP contribution >= 0.6 is 15.9 Å². The van der Waals surface area contributed by atoms with Crippen LogP contribution in [-0.2, 0) is 0 Å². The van der Waals surface area contributed by atoms with Gasteiger partial charge in [-0.2, -0.15) is 5.26 Å². The quantitative estimate of drug-likeness (QED) is 0.892. The number of nitriles is 1. The number of hydrogen-bond donors (Lipinski definition) is 1. The minimum Gasteiger partial charge on any atom is -0.384 e. The molecule has 0 aliphatic carbocycles. The molecule has 1 atom stereocenters. The molecule has 0 bridgehead atoms. The van der Waals surface area contributed by atoms with Gasteiger partial charge in [0.1, 0.15) is 0 Å². The van der Waals surface area contributed by atoms with Crippen LogP contribution in [0.1, 0.15) is 13.3 Å². The zero-order valence-electron chi connectivity index (χ0n) is 8.13. The van der Waals surface area contributed by atoms with Crippen molar-refractivity contribution in [2.45, 2.75) is 13.3 Å². The summed E-state index contributed by atoms with van der Waals surface area (Å²) < 4.78 is 1.07. The fourth-order valence-corrected chi connectivity index (χ4v) is 1.35. The van der Waals surface area contributed by atoms with E-state index in [1.54, 1.807) is 0 Å². The monoisotopic (exact) mass is 252 g/mol. The minimum atomic E-state index is 0.0960. The SMILES string of the molecule is CCC(C#N)CNc1ccc(Br)cc1. The molecule has 0 aromatic heterocycles. The molecule has 0 amide bonds. The molecular formula is C11H13BrN2. The van der Waals surface area contributed by atoms with E-state index >= 15 is 0 Å². The van der Waals surface area contributed by atoms with Crippen molar-refractivity contribution < 1.29 is 0 Å². The molecule has 0 saturated carbocycles. The molecule has 1 unspecified atom stereocenters. The summed E-state index contributed by atoms with van der Waals surface area (Å²) in [5, 5.41) is 12.0. The first kappa shape index (κ1) is 11.1. The highest BCUT2D eigenvalue weighted by Crippen LogP contribution is 2.14. The van der Waals surface area contributed by atoms with Crippen LogP contribution in [0.4, 0.5) is 5.69 Å². The van der Waals surface area contributed by atoms with Crippen LogP contribution in [0, 0.1) is 17.2 Å². The fourth-order valence-electron chi connectivity index (χ4n) is 1.09. The predicted octanol–water partition coefficient (Wildman–Crippen LogP) is 3.41. The van der Waals surface area contributed by atoms with Crippen LogP contribution in [-0.4, -0.2) is 6.54 Å². The van der Waals surface area contributed by atoms with Crippen LogP contribution in [0.5, 0.6) is 0 Å². The zero-order chi connectivity index (χ0) is 10.4. The Morgan fingerprint density at radius 1 is 1.43 bits per heavy atom. The molecule has 1 rings (SSSR count). The van der Waals surface area contributed by atoms with E-state index in [1.807, 2.05) is 31.2 Å². The Labute approximate surface area is 93.1 Å². The van der Waals surface area contributed by atoms with Gasteiger partial charge < -0.3 is 5.32 Å². The fraction of sp³-hybridized carbons (Fsp3) is 0.364. The molecule has 1 aromatic rings. The van der Waals surface area contributed by atoms with E-state index in [2.05, 4.69) is 27.3 Å². The minimum absolute atomic E-state index is 0.0960. The van der Waals surface area contributed by atoms with Crippen molar-refractivity contribution in [1.29, 1.82) is 5.26 Å². The Kier molecular flexibility index (Phi) is 4.48. The van der Waals surface area contributed by atoms with Crippen molar-refractivity contribution >= 4 is 21.6 Å². The topological polar surface area (TPSA) is 35.8 Å². The first-order valence-corrected chi connectivity index (χ1v) is 5.44. The summed E-state index contributed by atoms with van der Waals surface area (Å²) in [5.41, 5.74) is 1.06. The zero-order valence-corrected chi connectivity index (χ0v) is 9.71. The largest absolute Gasteiger partial charge is 0.384 e. The molecule has 1 N–H and O–H groups in total. The van der Waals surface area contributed by atoms with Gasteiger partial charge in [-0.1, -0.05) is 22.9 Å². The summed E-state index contributed by atoms with van der Waals surface area (Å²) in [6.07, 6.45) is 0.889. The van der Waals surface area contributed by atoms with Gasteiger partial charge in [0, 0.05) is 16.7 Å². The number of benzene rings is 1. The molecule has 0 aliphatic rings. The van der Waals surface area contributed by atoms with Crippen molar-refractivity contribution in [2.75, 3.05) is 11.9 Å². The lowest BCUT2D eigenvalue weighted by atomic mass is 10.1. The summed E-state index contributed by atoms with van der Waals surface area (Å²) in [4.78, 5) is 0. The number of nitrogens with one attached hydrogen (secondary N) is 1. The predicted molar refractivity (Wildman–Crippen MR) is 62.0 cm³/mol. The summed E-state index contributed by atoms with van der Waals surface area (Å²) in [7, 11) is 0. The average molecular weight is 253 g/mol. The molecule has 0 aliphatic heterocycles. The van der Waals surface area contributed by atoms with Gasteiger partial charge >= 0.3 is 0 Å². The third-order valence-corrected chi connectivity index (χ3v) is 2.60. The Morgan fingerprint density at radius 2 is 2.07 bits per heavy atom. The number of rotatable bonds is 4. The molecule has 0 heterocycles. The molecule has 14 heavy (non-hydrogen) atoms. The molecule has 1 aromatic carbocycles. The van der Waals surface area contributed by atoms with Crippen molar-refractivity contribution in [3.05, 3.63) is 28.7 Å². The smallest absolute Gasteiger partial charge is 0.0674 e. The third kappa shape index (κ3) is 3.39. The van der Waals surface area contributed by atoms with E-state index < -0.39 is 0 Å². The number of hydrogen-bond acceptors (Lipinski definition) is 2. The lowest BCUT2D eigenvalue weighted by Crippen LogP contribution is -2.11. The highest BCUT2D eigenvalue weighted by molar-refractivity contribution is 9.10. The normalized spacial score (nSPS) is 11.8. The highest BCUT2D eigenvalue weighted by Gasteiger charge is 2.02. The molecular weight excluding hydrogens is 240 g/mol. The number of anilines is 1. The van der Waals surface area contributed by atoms with Gasteiger partial charge in [-0.3, -0.25) is 0 Å². The summed E-state index contributed by atoms with van der Waals surface area (Å²) in [6.45, 7) is 2.74. The Hall–Kier alpha value is -1.01. The Balaban J connectivity index is 2.46.